The molecule has 2 aromatic rings. The Morgan fingerprint density at radius 3 is 2.62 bits per heavy atom. The highest BCUT2D eigenvalue weighted by molar-refractivity contribution is 6.31. The predicted molar refractivity (Wildman–Crippen MR) is 92.4 cm³/mol. The number of nitrogens with one attached hydrogen (secondary N) is 1. The van der Waals surface area contributed by atoms with E-state index in [0.717, 1.165) is 6.07 Å². The second-order valence-corrected chi connectivity index (χ2v) is 5.68. The third kappa shape index (κ3) is 4.76. The summed E-state index contributed by atoms with van der Waals surface area (Å²) in [5.74, 6) is -2.28. The molecule has 2 aromatic carbocycles. The minimum absolute atomic E-state index is 0.0254. The molecule has 1 N–H and O–H groups in total. The fraction of sp³-hybridized carbons (Fsp3) is 0.176. The lowest BCUT2D eigenvalue weighted by Crippen LogP contribution is -2.30. The number of amides is 1. The summed E-state index contributed by atoms with van der Waals surface area (Å²) in [6.45, 7) is 1.30. The van der Waals surface area contributed by atoms with E-state index in [2.05, 4.69) is 5.32 Å². The van der Waals surface area contributed by atoms with Crippen LogP contribution >= 0.6 is 11.6 Å². The number of carbonyl (C=O) groups is 2. The molecule has 0 spiro atoms. The number of anilines is 1. The lowest BCUT2D eigenvalue weighted by molar-refractivity contribution is -0.383. The van der Waals surface area contributed by atoms with Gasteiger partial charge in [0.05, 0.1) is 11.3 Å². The molecule has 7 nitrogen and oxygen atoms in total. The van der Waals surface area contributed by atoms with E-state index in [-0.39, 0.29) is 22.0 Å². The molecule has 0 saturated carbocycles. The molecule has 9 heteroatoms. The van der Waals surface area contributed by atoms with Crippen LogP contribution < -0.4 is 5.32 Å². The van der Waals surface area contributed by atoms with Crippen molar-refractivity contribution in [3.8, 4) is 0 Å². The SMILES string of the molecule is C[C@@H](OC(=O)Cc1c(F)cccc1Cl)C(=O)Nc1ccccc1[N+](=O)[O-]. The lowest BCUT2D eigenvalue weighted by Gasteiger charge is -2.14. The molecule has 2 rings (SSSR count). The van der Waals surface area contributed by atoms with E-state index in [9.17, 15) is 24.1 Å². The van der Waals surface area contributed by atoms with Crippen LogP contribution in [0, 0.1) is 15.9 Å². The van der Waals surface area contributed by atoms with Crippen LogP contribution in [-0.2, 0) is 20.7 Å². The smallest absolute Gasteiger partial charge is 0.311 e. The Bertz CT molecular complexity index is 839. The quantitative estimate of drug-likeness (QED) is 0.469. The van der Waals surface area contributed by atoms with Crippen molar-refractivity contribution in [2.24, 2.45) is 0 Å². The van der Waals surface area contributed by atoms with E-state index >= 15 is 0 Å². The molecule has 0 aliphatic heterocycles. The normalized spacial score (nSPS) is 11.5. The third-order valence-electron chi connectivity index (χ3n) is 3.42. The van der Waals surface area contributed by atoms with Gasteiger partial charge in [0.1, 0.15) is 11.5 Å². The van der Waals surface area contributed by atoms with E-state index in [4.69, 9.17) is 16.3 Å². The summed E-state index contributed by atoms with van der Waals surface area (Å²) in [6.07, 6.45) is -1.69. The number of halogens is 2. The Hall–Kier alpha value is -3.00. The maximum Gasteiger partial charge on any atom is 0.311 e. The highest BCUT2D eigenvalue weighted by Crippen LogP contribution is 2.24. The van der Waals surface area contributed by atoms with Crippen molar-refractivity contribution in [1.82, 2.24) is 0 Å². The highest BCUT2D eigenvalue weighted by atomic mass is 35.5. The number of rotatable bonds is 6. The zero-order chi connectivity index (χ0) is 19.3. The minimum Gasteiger partial charge on any atom is -0.452 e. The summed E-state index contributed by atoms with van der Waals surface area (Å²) in [5.41, 5.74) is -0.356. The number of nitro groups is 1. The van der Waals surface area contributed by atoms with Crippen LogP contribution in [0.2, 0.25) is 5.02 Å². The number of nitro benzene ring substituents is 1. The molecule has 0 bridgehead atoms. The first-order chi connectivity index (χ1) is 12.3. The Morgan fingerprint density at radius 1 is 1.27 bits per heavy atom. The first-order valence-electron chi connectivity index (χ1n) is 7.46. The lowest BCUT2D eigenvalue weighted by atomic mass is 10.1. The number of para-hydroxylation sites is 2. The van der Waals surface area contributed by atoms with Crippen molar-refractivity contribution in [3.63, 3.8) is 0 Å². The van der Waals surface area contributed by atoms with Crippen molar-refractivity contribution in [1.29, 1.82) is 0 Å². The van der Waals surface area contributed by atoms with Crippen LogP contribution in [0.3, 0.4) is 0 Å². The van der Waals surface area contributed by atoms with Gasteiger partial charge in [0, 0.05) is 16.7 Å². The number of nitrogens with zero attached hydrogens (tertiary/aromatic N) is 1. The zero-order valence-corrected chi connectivity index (χ0v) is 14.3. The molecular formula is C17H14ClFN2O5. The molecular weight excluding hydrogens is 367 g/mol. The van der Waals surface area contributed by atoms with E-state index in [0.29, 0.717) is 0 Å². The first-order valence-corrected chi connectivity index (χ1v) is 7.84. The number of hydrogen-bond donors (Lipinski definition) is 1. The molecule has 0 aliphatic rings. The number of esters is 1. The monoisotopic (exact) mass is 380 g/mol. The Kier molecular flexibility index (Phi) is 6.24. The molecule has 0 aromatic heterocycles. The predicted octanol–water partition coefficient (Wildman–Crippen LogP) is 3.50. The standard InChI is InChI=1S/C17H14ClFN2O5/c1-10(17(23)20-14-7-2-3-8-15(14)21(24)25)26-16(22)9-11-12(18)5-4-6-13(11)19/h2-8,10H,9H2,1H3,(H,20,23)/t10-/m1/s1. The van der Waals surface area contributed by atoms with Crippen molar-refractivity contribution < 1.29 is 23.6 Å². The molecule has 1 amide bonds. The Labute approximate surface area is 152 Å². The maximum atomic E-state index is 13.7. The van der Waals surface area contributed by atoms with Crippen molar-refractivity contribution in [2.75, 3.05) is 5.32 Å². The van der Waals surface area contributed by atoms with Crippen LogP contribution in [0.15, 0.2) is 42.5 Å². The third-order valence-corrected chi connectivity index (χ3v) is 3.77. The van der Waals surface area contributed by atoms with Gasteiger partial charge in [-0.2, -0.15) is 0 Å². The van der Waals surface area contributed by atoms with Crippen LogP contribution in [-0.4, -0.2) is 22.9 Å². The summed E-state index contributed by atoms with van der Waals surface area (Å²) in [4.78, 5) is 34.3. The average molecular weight is 381 g/mol. The summed E-state index contributed by atoms with van der Waals surface area (Å²) in [5, 5.41) is 13.3. The molecule has 0 aliphatic carbocycles. The van der Waals surface area contributed by atoms with E-state index in [1.807, 2.05) is 0 Å². The van der Waals surface area contributed by atoms with E-state index in [1.165, 1.54) is 43.3 Å². The molecule has 1 atom stereocenters. The van der Waals surface area contributed by atoms with Gasteiger partial charge in [0.2, 0.25) is 0 Å². The molecule has 0 heterocycles. The van der Waals surface area contributed by atoms with E-state index < -0.39 is 35.1 Å². The summed E-state index contributed by atoms with van der Waals surface area (Å²) in [6, 6.07) is 9.53. The van der Waals surface area contributed by atoms with Crippen molar-refractivity contribution in [3.05, 3.63) is 69.0 Å². The summed E-state index contributed by atoms with van der Waals surface area (Å²) < 4.78 is 18.6. The maximum absolute atomic E-state index is 13.7. The van der Waals surface area contributed by atoms with Gasteiger partial charge in [-0.15, -0.1) is 0 Å². The van der Waals surface area contributed by atoms with Crippen molar-refractivity contribution >= 4 is 34.9 Å². The van der Waals surface area contributed by atoms with Crippen LogP contribution in [0.4, 0.5) is 15.8 Å². The van der Waals surface area contributed by atoms with Gasteiger partial charge in [0.25, 0.3) is 11.6 Å². The van der Waals surface area contributed by atoms with Crippen LogP contribution in [0.5, 0.6) is 0 Å². The molecule has 0 fully saturated rings. The van der Waals surface area contributed by atoms with Crippen molar-refractivity contribution in [2.45, 2.75) is 19.4 Å². The van der Waals surface area contributed by atoms with Gasteiger partial charge < -0.3 is 10.1 Å². The number of hydrogen-bond acceptors (Lipinski definition) is 5. The van der Waals surface area contributed by atoms with E-state index in [1.54, 1.807) is 0 Å². The topological polar surface area (TPSA) is 98.5 Å². The summed E-state index contributed by atoms with van der Waals surface area (Å²) in [7, 11) is 0. The van der Waals surface area contributed by atoms with Gasteiger partial charge in [-0.1, -0.05) is 29.8 Å². The van der Waals surface area contributed by atoms with Gasteiger partial charge in [-0.3, -0.25) is 19.7 Å². The number of benzene rings is 2. The number of ether oxygens (including phenoxy) is 1. The van der Waals surface area contributed by atoms with Crippen LogP contribution in [0.25, 0.3) is 0 Å². The van der Waals surface area contributed by atoms with Gasteiger partial charge >= 0.3 is 5.97 Å². The average Bonchev–Trinajstić information content (AvgIpc) is 2.58. The molecule has 136 valence electrons. The summed E-state index contributed by atoms with van der Waals surface area (Å²) >= 11 is 5.84. The fourth-order valence-corrected chi connectivity index (χ4v) is 2.34. The Morgan fingerprint density at radius 2 is 1.96 bits per heavy atom. The Balaban J connectivity index is 2.01. The molecule has 26 heavy (non-hydrogen) atoms. The van der Waals surface area contributed by atoms with Crippen LogP contribution in [0.1, 0.15) is 12.5 Å². The minimum atomic E-state index is -1.24. The van der Waals surface area contributed by atoms with Gasteiger partial charge in [0.15, 0.2) is 6.10 Å². The first kappa shape index (κ1) is 19.3. The van der Waals surface area contributed by atoms with Gasteiger partial charge in [-0.25, -0.2) is 4.39 Å². The number of carbonyl (C=O) groups excluding carboxylic acids is 2. The van der Waals surface area contributed by atoms with Gasteiger partial charge in [-0.05, 0) is 25.1 Å². The molecule has 0 unspecified atom stereocenters. The second kappa shape index (κ2) is 8.39. The molecule has 0 radical (unpaired) electrons. The second-order valence-electron chi connectivity index (χ2n) is 5.27. The largest absolute Gasteiger partial charge is 0.452 e. The zero-order valence-electron chi connectivity index (χ0n) is 13.6. The molecule has 0 saturated heterocycles. The highest BCUT2D eigenvalue weighted by Gasteiger charge is 2.22. The fourth-order valence-electron chi connectivity index (χ4n) is 2.11.